The zero-order valence-corrected chi connectivity index (χ0v) is 22.7. The molecule has 1 aromatic carbocycles. The molecule has 13 heteroatoms. The molecule has 0 radical (unpaired) electrons. The van der Waals surface area contributed by atoms with E-state index in [1.807, 2.05) is 0 Å². The molecule has 1 saturated heterocycles. The number of esters is 1. The summed E-state index contributed by atoms with van der Waals surface area (Å²) in [6, 6.07) is 2.19. The molecule has 5 heterocycles. The van der Waals surface area contributed by atoms with Crippen LogP contribution in [0.15, 0.2) is 16.9 Å². The second kappa shape index (κ2) is 9.12. The molecule has 2 aromatic heterocycles. The van der Waals surface area contributed by atoms with Crippen LogP contribution in [0.1, 0.15) is 59.2 Å². The molecule has 0 spiro atoms. The normalized spacial score (nSPS) is 29.2. The van der Waals surface area contributed by atoms with Crippen molar-refractivity contribution < 1.29 is 43.9 Å². The maximum atomic E-state index is 15.1. The summed E-state index contributed by atoms with van der Waals surface area (Å²) in [6.07, 6.45) is -5.81. The number of rotatable bonds is 3. The Bertz CT molecular complexity index is 1790. The van der Waals surface area contributed by atoms with Crippen molar-refractivity contribution in [2.45, 2.75) is 82.5 Å². The van der Waals surface area contributed by atoms with Crippen LogP contribution in [-0.2, 0) is 44.2 Å². The summed E-state index contributed by atoms with van der Waals surface area (Å²) in [7, 11) is 0. The Labute approximate surface area is 237 Å². The van der Waals surface area contributed by atoms with Crippen LogP contribution in [-0.4, -0.2) is 66.5 Å². The molecule has 12 nitrogen and oxygen atoms in total. The van der Waals surface area contributed by atoms with E-state index in [9.17, 15) is 34.8 Å². The Morgan fingerprint density at radius 2 is 1.95 bits per heavy atom. The van der Waals surface area contributed by atoms with E-state index < -0.39 is 59.5 Å². The van der Waals surface area contributed by atoms with Gasteiger partial charge in [0.2, 0.25) is 0 Å². The summed E-state index contributed by atoms with van der Waals surface area (Å²) in [5.74, 6) is -2.05. The highest BCUT2D eigenvalue weighted by atomic mass is 19.1. The van der Waals surface area contributed by atoms with Crippen LogP contribution < -0.4 is 10.9 Å². The molecule has 3 aliphatic heterocycles. The molecule has 3 aromatic rings. The highest BCUT2D eigenvalue weighted by Gasteiger charge is 2.48. The first kappa shape index (κ1) is 27.1. The van der Waals surface area contributed by atoms with E-state index in [0.717, 1.165) is 5.56 Å². The van der Waals surface area contributed by atoms with Gasteiger partial charge in [-0.2, -0.15) is 0 Å². The molecule has 7 rings (SSSR count). The SMILES string of the molecule is CC[C@@]1(O)C(=O)OCc2c1cc1n(c2=O)Cc2c-1nc1cc(F)c(C)c3c1c2[C@@H](NC(=O)[C@H]1OC(O)[C@H](O)[C@@H]1O)CC3. The van der Waals surface area contributed by atoms with Crippen molar-refractivity contribution in [3.05, 3.63) is 61.7 Å². The van der Waals surface area contributed by atoms with E-state index in [1.54, 1.807) is 19.9 Å². The standard InChI is InChI=1S/C29H28FN3O9/c1-3-29(40)14-6-18-21-12(8-33(18)26(37)13(14)9-41-28(29)39)20-16(32-25(36)24-22(34)23(35)27(38)42-24)5-4-11-10(2)15(30)7-17(31-21)19(11)20/h6-7,16,22-24,27,34-35,38,40H,3-5,8-9H2,1-2H3,(H,32,36)/t16-,22-,23+,24-,27?,29-/m0/s1. The number of halogens is 1. The molecule has 1 aliphatic carbocycles. The number of nitrogens with one attached hydrogen (secondary N) is 1. The summed E-state index contributed by atoms with van der Waals surface area (Å²) in [5, 5.41) is 44.6. The van der Waals surface area contributed by atoms with Crippen LogP contribution in [0.5, 0.6) is 0 Å². The van der Waals surface area contributed by atoms with Gasteiger partial charge in [-0.15, -0.1) is 0 Å². The van der Waals surface area contributed by atoms with E-state index in [2.05, 4.69) is 5.32 Å². The molecule has 1 amide bonds. The summed E-state index contributed by atoms with van der Waals surface area (Å²) in [6.45, 7) is 3.05. The van der Waals surface area contributed by atoms with Gasteiger partial charge in [-0.25, -0.2) is 14.2 Å². The van der Waals surface area contributed by atoms with Crippen molar-refractivity contribution in [1.29, 1.82) is 0 Å². The van der Waals surface area contributed by atoms with Gasteiger partial charge >= 0.3 is 5.97 Å². The third-order valence-electron chi connectivity index (χ3n) is 9.19. The topological polar surface area (TPSA) is 180 Å². The van der Waals surface area contributed by atoms with Crippen LogP contribution in [0.4, 0.5) is 4.39 Å². The number of ether oxygens (including phenoxy) is 2. The van der Waals surface area contributed by atoms with Crippen LogP contribution in [0.3, 0.4) is 0 Å². The molecule has 0 saturated carbocycles. The number of aromatic nitrogens is 2. The maximum Gasteiger partial charge on any atom is 0.343 e. The smallest absolute Gasteiger partial charge is 0.343 e. The first-order chi connectivity index (χ1) is 20.0. The van der Waals surface area contributed by atoms with Crippen molar-refractivity contribution in [3.63, 3.8) is 0 Å². The monoisotopic (exact) mass is 581 g/mol. The predicted molar refractivity (Wildman–Crippen MR) is 141 cm³/mol. The average Bonchev–Trinajstić information content (AvgIpc) is 3.46. The number of pyridine rings is 2. The molecule has 6 atom stereocenters. The van der Waals surface area contributed by atoms with Gasteiger partial charge < -0.3 is 39.8 Å². The van der Waals surface area contributed by atoms with Crippen molar-refractivity contribution in [2.24, 2.45) is 0 Å². The number of carbonyl (C=O) groups excluding carboxylic acids is 2. The first-order valence-electron chi connectivity index (χ1n) is 13.8. The van der Waals surface area contributed by atoms with Crippen molar-refractivity contribution in [2.75, 3.05) is 0 Å². The number of amides is 1. The number of fused-ring (bicyclic) bond motifs is 5. The number of hydrogen-bond acceptors (Lipinski definition) is 10. The lowest BCUT2D eigenvalue weighted by Crippen LogP contribution is -2.44. The minimum atomic E-state index is -2.01. The number of hydrogen-bond donors (Lipinski definition) is 5. The van der Waals surface area contributed by atoms with E-state index in [1.165, 1.54) is 10.6 Å². The first-order valence-corrected chi connectivity index (χ1v) is 13.8. The van der Waals surface area contributed by atoms with E-state index in [0.29, 0.717) is 51.8 Å². The Balaban J connectivity index is 1.42. The van der Waals surface area contributed by atoms with Crippen LogP contribution >= 0.6 is 0 Å². The van der Waals surface area contributed by atoms with E-state index >= 15 is 4.39 Å². The zero-order valence-electron chi connectivity index (χ0n) is 22.7. The fraction of sp³-hybridized carbons (Fsp3) is 0.448. The molecular formula is C29H28FN3O9. The van der Waals surface area contributed by atoms with Gasteiger partial charge in [-0.3, -0.25) is 9.59 Å². The highest BCUT2D eigenvalue weighted by molar-refractivity contribution is 5.94. The fourth-order valence-corrected chi connectivity index (χ4v) is 6.83. The Morgan fingerprint density at radius 3 is 2.64 bits per heavy atom. The largest absolute Gasteiger partial charge is 0.458 e. The lowest BCUT2D eigenvalue weighted by atomic mass is 9.81. The summed E-state index contributed by atoms with van der Waals surface area (Å²) < 4.78 is 26.8. The summed E-state index contributed by atoms with van der Waals surface area (Å²) in [4.78, 5) is 44.2. The Morgan fingerprint density at radius 1 is 1.19 bits per heavy atom. The van der Waals surface area contributed by atoms with Gasteiger partial charge in [0.1, 0.15) is 24.6 Å². The number of benzene rings is 1. The second-order valence-electron chi connectivity index (χ2n) is 11.3. The molecule has 4 aliphatic rings. The van der Waals surface area contributed by atoms with Crippen LogP contribution in [0, 0.1) is 12.7 Å². The van der Waals surface area contributed by atoms with Gasteiger partial charge in [-0.1, -0.05) is 6.92 Å². The molecule has 0 bridgehead atoms. The molecular weight excluding hydrogens is 553 g/mol. The lowest BCUT2D eigenvalue weighted by molar-refractivity contribution is -0.172. The van der Waals surface area contributed by atoms with E-state index in [-0.39, 0.29) is 30.7 Å². The Hall–Kier alpha value is -3.75. The number of aliphatic hydroxyl groups is 4. The maximum absolute atomic E-state index is 15.1. The highest BCUT2D eigenvalue weighted by Crippen LogP contribution is 2.46. The lowest BCUT2D eigenvalue weighted by Gasteiger charge is -2.31. The number of aliphatic hydroxyl groups excluding tert-OH is 3. The van der Waals surface area contributed by atoms with Crippen LogP contribution in [0.25, 0.3) is 22.3 Å². The van der Waals surface area contributed by atoms with Gasteiger partial charge in [0, 0.05) is 22.6 Å². The fourth-order valence-electron chi connectivity index (χ4n) is 6.83. The minimum absolute atomic E-state index is 0.0224. The average molecular weight is 582 g/mol. The molecule has 42 heavy (non-hydrogen) atoms. The van der Waals surface area contributed by atoms with Crippen molar-refractivity contribution in [1.82, 2.24) is 14.9 Å². The molecule has 220 valence electrons. The quantitative estimate of drug-likeness (QED) is 0.208. The van der Waals surface area contributed by atoms with Crippen LogP contribution in [0.2, 0.25) is 0 Å². The van der Waals surface area contributed by atoms with Gasteiger partial charge in [0.05, 0.1) is 35.1 Å². The summed E-state index contributed by atoms with van der Waals surface area (Å²) >= 11 is 0. The van der Waals surface area contributed by atoms with Gasteiger partial charge in [0.15, 0.2) is 18.0 Å². The number of nitrogens with zero attached hydrogens (tertiary/aromatic N) is 2. The molecule has 1 unspecified atom stereocenters. The third kappa shape index (κ3) is 3.51. The minimum Gasteiger partial charge on any atom is -0.458 e. The number of cyclic esters (lactones) is 1. The van der Waals surface area contributed by atoms with Crippen molar-refractivity contribution in [3.8, 4) is 11.4 Å². The summed E-state index contributed by atoms with van der Waals surface area (Å²) in [5.41, 5.74) is 1.25. The Kier molecular flexibility index (Phi) is 5.89. The second-order valence-corrected chi connectivity index (χ2v) is 11.3. The third-order valence-corrected chi connectivity index (χ3v) is 9.19. The molecule has 5 N–H and O–H groups in total. The number of carbonyl (C=O) groups is 2. The van der Waals surface area contributed by atoms with Gasteiger partial charge in [-0.05, 0) is 48.9 Å². The molecule has 1 fully saturated rings. The van der Waals surface area contributed by atoms with Crippen molar-refractivity contribution >= 4 is 22.8 Å². The van der Waals surface area contributed by atoms with E-state index in [4.69, 9.17) is 14.5 Å². The number of aryl methyl sites for hydroxylation is 1. The zero-order chi connectivity index (χ0) is 29.8. The predicted octanol–water partition coefficient (Wildman–Crippen LogP) is 0.0696. The van der Waals surface area contributed by atoms with Gasteiger partial charge in [0.25, 0.3) is 11.5 Å².